The molecule has 1 aliphatic rings. The van der Waals surface area contributed by atoms with Crippen LogP contribution in [-0.4, -0.2) is 32.7 Å². The van der Waals surface area contributed by atoms with Crippen molar-refractivity contribution in [3.05, 3.63) is 0 Å². The molecule has 0 aromatic rings. The van der Waals surface area contributed by atoms with Crippen LogP contribution in [0.2, 0.25) is 0 Å². The third-order valence-electron chi connectivity index (χ3n) is 2.90. The smallest absolute Gasteiger partial charge is 0.235 e. The van der Waals surface area contributed by atoms with E-state index in [4.69, 9.17) is 0 Å². The van der Waals surface area contributed by atoms with Gasteiger partial charge in [0.2, 0.25) is 15.9 Å². The van der Waals surface area contributed by atoms with Crippen molar-refractivity contribution in [2.75, 3.05) is 12.3 Å². The maximum atomic E-state index is 11.5. The highest BCUT2D eigenvalue weighted by Crippen LogP contribution is 2.17. The molecule has 0 aromatic carbocycles. The Balaban J connectivity index is 2.25. The Kier molecular flexibility index (Phi) is 5.91. The average molecular weight is 262 g/mol. The summed E-state index contributed by atoms with van der Waals surface area (Å²) in [6.45, 7) is 1.65. The van der Waals surface area contributed by atoms with Crippen molar-refractivity contribution in [2.24, 2.45) is 0 Å². The monoisotopic (exact) mass is 262 g/mol. The molecule has 1 saturated carbocycles. The molecule has 0 atom stereocenters. The fourth-order valence-electron chi connectivity index (χ4n) is 2.04. The first-order chi connectivity index (χ1) is 8.03. The van der Waals surface area contributed by atoms with E-state index >= 15 is 0 Å². The Morgan fingerprint density at radius 1 is 1.24 bits per heavy atom. The van der Waals surface area contributed by atoms with Gasteiger partial charge in [-0.1, -0.05) is 26.2 Å². The van der Waals surface area contributed by atoms with Crippen molar-refractivity contribution in [3.63, 3.8) is 0 Å². The summed E-state index contributed by atoms with van der Waals surface area (Å²) in [5, 5.41) is 2.87. The van der Waals surface area contributed by atoms with Gasteiger partial charge in [0, 0.05) is 6.04 Å². The zero-order valence-electron chi connectivity index (χ0n) is 10.4. The van der Waals surface area contributed by atoms with E-state index in [0.717, 1.165) is 25.7 Å². The normalized spacial score (nSPS) is 17.9. The molecule has 0 aromatic heterocycles. The number of rotatable bonds is 6. The van der Waals surface area contributed by atoms with Crippen molar-refractivity contribution in [2.45, 2.75) is 51.5 Å². The zero-order valence-corrected chi connectivity index (χ0v) is 11.2. The van der Waals surface area contributed by atoms with E-state index in [2.05, 4.69) is 10.0 Å². The van der Waals surface area contributed by atoms with E-state index < -0.39 is 10.0 Å². The van der Waals surface area contributed by atoms with Crippen LogP contribution >= 0.6 is 0 Å². The van der Waals surface area contributed by atoms with Gasteiger partial charge in [-0.2, -0.15) is 0 Å². The summed E-state index contributed by atoms with van der Waals surface area (Å²) < 4.78 is 25.0. The lowest BCUT2D eigenvalue weighted by molar-refractivity contribution is -0.120. The molecule has 0 bridgehead atoms. The van der Waals surface area contributed by atoms with Gasteiger partial charge in [0.05, 0.1) is 12.3 Å². The van der Waals surface area contributed by atoms with Gasteiger partial charge in [0.1, 0.15) is 0 Å². The highest BCUT2D eigenvalue weighted by atomic mass is 32.2. The van der Waals surface area contributed by atoms with Gasteiger partial charge in [-0.05, 0) is 19.3 Å². The number of hydrogen-bond acceptors (Lipinski definition) is 3. The fraction of sp³-hybridized carbons (Fsp3) is 0.909. The molecule has 1 rings (SSSR count). The molecule has 0 heterocycles. The number of nitrogens with one attached hydrogen (secondary N) is 2. The molecule has 1 fully saturated rings. The van der Waals surface area contributed by atoms with Crippen LogP contribution in [0.5, 0.6) is 0 Å². The molecule has 5 nitrogen and oxygen atoms in total. The van der Waals surface area contributed by atoms with Gasteiger partial charge in [0.15, 0.2) is 0 Å². The summed E-state index contributed by atoms with van der Waals surface area (Å²) in [5.74, 6) is -0.152. The second-order valence-electron chi connectivity index (χ2n) is 4.54. The van der Waals surface area contributed by atoms with Crippen LogP contribution in [0.3, 0.4) is 0 Å². The van der Waals surface area contributed by atoms with Crippen LogP contribution in [-0.2, 0) is 14.8 Å². The van der Waals surface area contributed by atoms with Gasteiger partial charge in [-0.15, -0.1) is 0 Å². The van der Waals surface area contributed by atoms with Crippen LogP contribution in [0.25, 0.3) is 0 Å². The predicted molar refractivity (Wildman–Crippen MR) is 67.1 cm³/mol. The molecule has 100 valence electrons. The summed E-state index contributed by atoms with van der Waals surface area (Å²) in [5.41, 5.74) is 0. The lowest BCUT2D eigenvalue weighted by atomic mass is 9.95. The number of carbonyl (C=O) groups is 1. The number of carbonyl (C=O) groups excluding carboxylic acids is 1. The second-order valence-corrected chi connectivity index (χ2v) is 6.47. The lowest BCUT2D eigenvalue weighted by Gasteiger charge is -2.22. The lowest BCUT2D eigenvalue weighted by Crippen LogP contribution is -2.43. The number of sulfonamides is 1. The molecule has 1 amide bonds. The highest BCUT2D eigenvalue weighted by Gasteiger charge is 2.17. The van der Waals surface area contributed by atoms with Gasteiger partial charge >= 0.3 is 0 Å². The van der Waals surface area contributed by atoms with Crippen molar-refractivity contribution in [1.82, 2.24) is 10.0 Å². The van der Waals surface area contributed by atoms with E-state index in [9.17, 15) is 13.2 Å². The minimum absolute atomic E-state index is 0.0731. The molecular formula is C11H22N2O3S. The minimum Gasteiger partial charge on any atom is -0.352 e. The molecule has 17 heavy (non-hydrogen) atoms. The van der Waals surface area contributed by atoms with Crippen LogP contribution in [0.1, 0.15) is 45.4 Å². The molecule has 0 aliphatic heterocycles. The third kappa shape index (κ3) is 6.02. The van der Waals surface area contributed by atoms with Crippen LogP contribution < -0.4 is 10.0 Å². The highest BCUT2D eigenvalue weighted by molar-refractivity contribution is 7.89. The summed E-state index contributed by atoms with van der Waals surface area (Å²) in [4.78, 5) is 11.5. The van der Waals surface area contributed by atoms with Crippen LogP contribution in [0.4, 0.5) is 0 Å². The Labute approximate surface area is 103 Å². The first kappa shape index (κ1) is 14.4. The molecule has 0 spiro atoms. The molecule has 0 saturated heterocycles. The van der Waals surface area contributed by atoms with E-state index in [1.807, 2.05) is 0 Å². The van der Waals surface area contributed by atoms with Crippen molar-refractivity contribution < 1.29 is 13.2 Å². The van der Waals surface area contributed by atoms with E-state index in [1.54, 1.807) is 6.92 Å². The van der Waals surface area contributed by atoms with Gasteiger partial charge in [0.25, 0.3) is 0 Å². The maximum Gasteiger partial charge on any atom is 0.235 e. The fourth-order valence-corrected chi connectivity index (χ4v) is 3.07. The molecule has 6 heteroatoms. The molecule has 1 aliphatic carbocycles. The maximum absolute atomic E-state index is 11.5. The molecule has 0 unspecified atom stereocenters. The topological polar surface area (TPSA) is 75.3 Å². The predicted octanol–water partition coefficient (Wildman–Crippen LogP) is 0.765. The Bertz CT molecular complexity index is 335. The van der Waals surface area contributed by atoms with E-state index in [1.165, 1.54) is 6.42 Å². The molecule has 2 N–H and O–H groups in total. The Morgan fingerprint density at radius 3 is 2.47 bits per heavy atom. The van der Waals surface area contributed by atoms with Gasteiger partial charge in [-0.3, -0.25) is 4.79 Å². The van der Waals surface area contributed by atoms with Crippen molar-refractivity contribution in [3.8, 4) is 0 Å². The zero-order chi connectivity index (χ0) is 12.7. The van der Waals surface area contributed by atoms with Crippen LogP contribution in [0, 0.1) is 0 Å². The number of hydrogen-bond donors (Lipinski definition) is 2. The third-order valence-corrected chi connectivity index (χ3v) is 4.43. The minimum atomic E-state index is -3.28. The standard InChI is InChI=1S/C11H22N2O3S/c1-2-8-17(15,16)12-9-11(14)13-10-6-4-3-5-7-10/h10,12H,2-9H2,1H3,(H,13,14). The summed E-state index contributed by atoms with van der Waals surface area (Å²) >= 11 is 0. The van der Waals surface area contributed by atoms with E-state index in [0.29, 0.717) is 6.42 Å². The van der Waals surface area contributed by atoms with Gasteiger partial charge < -0.3 is 5.32 Å². The molecule has 0 radical (unpaired) electrons. The van der Waals surface area contributed by atoms with Crippen LogP contribution in [0.15, 0.2) is 0 Å². The quantitative estimate of drug-likeness (QED) is 0.742. The Hall–Kier alpha value is -0.620. The SMILES string of the molecule is CCCS(=O)(=O)NCC(=O)NC1CCCCC1. The summed E-state index contributed by atoms with van der Waals surface area (Å²) in [6.07, 6.45) is 6.09. The largest absolute Gasteiger partial charge is 0.352 e. The summed E-state index contributed by atoms with van der Waals surface area (Å²) in [6, 6.07) is 0.229. The second kappa shape index (κ2) is 6.96. The number of amides is 1. The summed E-state index contributed by atoms with van der Waals surface area (Å²) in [7, 11) is -3.28. The van der Waals surface area contributed by atoms with Crippen molar-refractivity contribution in [1.29, 1.82) is 0 Å². The molecular weight excluding hydrogens is 240 g/mol. The average Bonchev–Trinajstić information content (AvgIpc) is 2.28. The van der Waals surface area contributed by atoms with Crippen molar-refractivity contribution >= 4 is 15.9 Å². The first-order valence-electron chi connectivity index (χ1n) is 6.30. The first-order valence-corrected chi connectivity index (χ1v) is 7.95. The Morgan fingerprint density at radius 2 is 1.88 bits per heavy atom. The van der Waals surface area contributed by atoms with E-state index in [-0.39, 0.29) is 24.2 Å². The van der Waals surface area contributed by atoms with Gasteiger partial charge in [-0.25, -0.2) is 13.1 Å².